The first kappa shape index (κ1) is 17.7. The molecule has 0 bridgehead atoms. The highest BCUT2D eigenvalue weighted by molar-refractivity contribution is 5.83. The van der Waals surface area contributed by atoms with Crippen molar-refractivity contribution in [1.82, 2.24) is 0 Å². The molecule has 1 atom stereocenters. The van der Waals surface area contributed by atoms with Gasteiger partial charge in [0.25, 0.3) is 0 Å². The molecule has 0 amide bonds. The summed E-state index contributed by atoms with van der Waals surface area (Å²) in [6.45, 7) is 13.9. The molecule has 0 aromatic heterocycles. The molecule has 1 aliphatic rings. The molecule has 3 heteroatoms. The second-order valence-corrected chi connectivity index (χ2v) is 7.51. The van der Waals surface area contributed by atoms with Gasteiger partial charge < -0.3 is 5.11 Å². The standard InChI is InChI=1S/C22H29N2O/c1-14-7-16(3)21(17(4)8-14)23-11-20(12-25)24(13-23)22-18(5)9-15(2)10-19(22)6/h7-10,13,20,25H,11-12H2,1-6H3/q+1. The number of benzene rings is 2. The second-order valence-electron chi connectivity index (χ2n) is 7.51. The molecule has 0 radical (unpaired) electrons. The number of anilines is 1. The average Bonchev–Trinajstić information content (AvgIpc) is 2.88. The Kier molecular flexibility index (Phi) is 4.70. The zero-order chi connectivity index (χ0) is 18.3. The van der Waals surface area contributed by atoms with E-state index in [1.807, 2.05) is 0 Å². The van der Waals surface area contributed by atoms with Crippen LogP contribution >= 0.6 is 0 Å². The van der Waals surface area contributed by atoms with Gasteiger partial charge in [0.2, 0.25) is 6.34 Å². The molecule has 0 spiro atoms. The average molecular weight is 337 g/mol. The van der Waals surface area contributed by atoms with E-state index in [1.165, 1.54) is 44.8 Å². The maximum atomic E-state index is 9.99. The zero-order valence-electron chi connectivity index (χ0n) is 16.2. The Hall–Kier alpha value is -2.13. The highest BCUT2D eigenvalue weighted by Crippen LogP contribution is 2.32. The lowest BCUT2D eigenvalue weighted by atomic mass is 10.0. The van der Waals surface area contributed by atoms with Gasteiger partial charge in [-0.3, -0.25) is 0 Å². The minimum absolute atomic E-state index is 0.0696. The molecule has 0 aliphatic carbocycles. The van der Waals surface area contributed by atoms with E-state index in [0.29, 0.717) is 0 Å². The van der Waals surface area contributed by atoms with E-state index < -0.39 is 0 Å². The first-order valence-corrected chi connectivity index (χ1v) is 8.98. The Labute approximate surface area is 151 Å². The highest BCUT2D eigenvalue weighted by atomic mass is 16.3. The van der Waals surface area contributed by atoms with Crippen molar-refractivity contribution in [3.8, 4) is 0 Å². The Balaban J connectivity index is 2.11. The van der Waals surface area contributed by atoms with Gasteiger partial charge >= 0.3 is 0 Å². The summed E-state index contributed by atoms with van der Waals surface area (Å²) in [5.41, 5.74) is 10.1. The summed E-state index contributed by atoms with van der Waals surface area (Å²) in [4.78, 5) is 2.25. The molecule has 1 unspecified atom stereocenters. The van der Waals surface area contributed by atoms with Crippen molar-refractivity contribution < 1.29 is 9.68 Å². The summed E-state index contributed by atoms with van der Waals surface area (Å²) < 4.78 is 2.30. The van der Waals surface area contributed by atoms with Gasteiger partial charge in [0.15, 0.2) is 6.04 Å². The quantitative estimate of drug-likeness (QED) is 0.854. The van der Waals surface area contributed by atoms with Crippen molar-refractivity contribution >= 4 is 17.7 Å². The van der Waals surface area contributed by atoms with Crippen LogP contribution in [0.25, 0.3) is 0 Å². The Morgan fingerprint density at radius 1 is 0.880 bits per heavy atom. The summed E-state index contributed by atoms with van der Waals surface area (Å²) in [7, 11) is 0. The van der Waals surface area contributed by atoms with Crippen LogP contribution in [-0.4, -0.2) is 35.2 Å². The van der Waals surface area contributed by atoms with Gasteiger partial charge in [-0.1, -0.05) is 35.4 Å². The normalized spacial score (nSPS) is 17.2. The lowest BCUT2D eigenvalue weighted by Gasteiger charge is -2.19. The number of hydrogen-bond acceptors (Lipinski definition) is 2. The zero-order valence-corrected chi connectivity index (χ0v) is 16.2. The van der Waals surface area contributed by atoms with Crippen LogP contribution in [0.1, 0.15) is 33.4 Å². The minimum atomic E-state index is 0.0696. The van der Waals surface area contributed by atoms with E-state index >= 15 is 0 Å². The smallest absolute Gasteiger partial charge is 0.245 e. The maximum Gasteiger partial charge on any atom is 0.245 e. The molecule has 0 fully saturated rings. The summed E-state index contributed by atoms with van der Waals surface area (Å²) in [5.74, 6) is 0. The van der Waals surface area contributed by atoms with Gasteiger partial charge in [-0.05, 0) is 63.8 Å². The van der Waals surface area contributed by atoms with Crippen molar-refractivity contribution in [2.45, 2.75) is 47.6 Å². The minimum Gasteiger partial charge on any atom is -0.392 e. The van der Waals surface area contributed by atoms with Crippen LogP contribution in [0, 0.1) is 41.5 Å². The van der Waals surface area contributed by atoms with E-state index in [4.69, 9.17) is 0 Å². The summed E-state index contributed by atoms with van der Waals surface area (Å²) in [6.07, 6.45) is 2.18. The molecular weight excluding hydrogens is 308 g/mol. The number of aliphatic hydroxyl groups is 1. The summed E-state index contributed by atoms with van der Waals surface area (Å²) in [6, 6.07) is 8.97. The Bertz CT molecular complexity index is 805. The fourth-order valence-electron chi connectivity index (χ4n) is 4.35. The van der Waals surface area contributed by atoms with E-state index in [9.17, 15) is 5.11 Å². The van der Waals surface area contributed by atoms with Crippen LogP contribution in [0.5, 0.6) is 0 Å². The van der Waals surface area contributed by atoms with Crippen LogP contribution in [0.3, 0.4) is 0 Å². The second kappa shape index (κ2) is 6.64. The number of hydrogen-bond donors (Lipinski definition) is 1. The highest BCUT2D eigenvalue weighted by Gasteiger charge is 2.36. The van der Waals surface area contributed by atoms with Gasteiger partial charge in [-0.2, -0.15) is 0 Å². The number of aliphatic hydroxyl groups excluding tert-OH is 1. The lowest BCUT2D eigenvalue weighted by molar-refractivity contribution is -0.430. The molecule has 132 valence electrons. The third-order valence-electron chi connectivity index (χ3n) is 5.09. The first-order chi connectivity index (χ1) is 11.8. The maximum absolute atomic E-state index is 9.99. The van der Waals surface area contributed by atoms with Crippen molar-refractivity contribution in [1.29, 1.82) is 0 Å². The lowest BCUT2D eigenvalue weighted by Crippen LogP contribution is -2.35. The van der Waals surface area contributed by atoms with Crippen LogP contribution < -0.4 is 4.90 Å². The molecule has 2 aromatic carbocycles. The van der Waals surface area contributed by atoms with Gasteiger partial charge in [-0.15, -0.1) is 0 Å². The van der Waals surface area contributed by atoms with E-state index in [-0.39, 0.29) is 12.6 Å². The van der Waals surface area contributed by atoms with Gasteiger partial charge in [-0.25, -0.2) is 9.48 Å². The monoisotopic (exact) mass is 337 g/mol. The molecule has 2 aromatic rings. The predicted molar refractivity (Wildman–Crippen MR) is 106 cm³/mol. The molecule has 1 aliphatic heterocycles. The number of nitrogens with zero attached hydrogens (tertiary/aromatic N) is 2. The van der Waals surface area contributed by atoms with Crippen molar-refractivity contribution in [2.24, 2.45) is 0 Å². The topological polar surface area (TPSA) is 26.5 Å². The van der Waals surface area contributed by atoms with Crippen molar-refractivity contribution in [2.75, 3.05) is 18.1 Å². The third kappa shape index (κ3) is 3.21. The van der Waals surface area contributed by atoms with Crippen molar-refractivity contribution in [3.63, 3.8) is 0 Å². The molecular formula is C22H29N2O+. The van der Waals surface area contributed by atoms with E-state index in [0.717, 1.165) is 6.54 Å². The number of rotatable bonds is 3. The molecule has 3 nitrogen and oxygen atoms in total. The summed E-state index contributed by atoms with van der Waals surface area (Å²) in [5, 5.41) is 9.99. The largest absolute Gasteiger partial charge is 0.392 e. The van der Waals surface area contributed by atoms with Crippen LogP contribution in [-0.2, 0) is 0 Å². The number of aryl methyl sites for hydroxylation is 6. The fraction of sp³-hybridized carbons (Fsp3) is 0.409. The van der Waals surface area contributed by atoms with Gasteiger partial charge in [0.1, 0.15) is 17.9 Å². The Morgan fingerprint density at radius 2 is 1.36 bits per heavy atom. The van der Waals surface area contributed by atoms with Gasteiger partial charge in [0, 0.05) is 0 Å². The molecule has 3 rings (SSSR count). The predicted octanol–water partition coefficient (Wildman–Crippen LogP) is 4.09. The fourth-order valence-corrected chi connectivity index (χ4v) is 4.35. The van der Waals surface area contributed by atoms with Crippen LogP contribution in [0.15, 0.2) is 24.3 Å². The molecule has 0 saturated heterocycles. The molecule has 1 heterocycles. The third-order valence-corrected chi connectivity index (χ3v) is 5.09. The SMILES string of the molecule is Cc1cc(C)c(N2C=[N+](c3c(C)cc(C)cc3C)CC2CO)c(C)c1. The van der Waals surface area contributed by atoms with Crippen LogP contribution in [0.4, 0.5) is 11.4 Å². The van der Waals surface area contributed by atoms with E-state index in [1.54, 1.807) is 0 Å². The first-order valence-electron chi connectivity index (χ1n) is 8.98. The molecule has 0 saturated carbocycles. The van der Waals surface area contributed by atoms with Crippen molar-refractivity contribution in [3.05, 3.63) is 57.6 Å². The summed E-state index contributed by atoms with van der Waals surface area (Å²) >= 11 is 0. The molecule has 1 N–H and O–H groups in total. The molecule has 25 heavy (non-hydrogen) atoms. The van der Waals surface area contributed by atoms with Crippen LogP contribution in [0.2, 0.25) is 0 Å². The Morgan fingerprint density at radius 3 is 1.84 bits per heavy atom. The van der Waals surface area contributed by atoms with Gasteiger partial charge in [0.05, 0.1) is 6.61 Å². The van der Waals surface area contributed by atoms with E-state index in [2.05, 4.69) is 81.6 Å².